The van der Waals surface area contributed by atoms with E-state index in [1.165, 1.54) is 6.20 Å². The van der Waals surface area contributed by atoms with Crippen molar-refractivity contribution in [2.75, 3.05) is 0 Å². The molecule has 1 N–H and O–H groups in total. The van der Waals surface area contributed by atoms with E-state index in [0.717, 1.165) is 18.4 Å². The minimum Gasteiger partial charge on any atom is -0.385 e. The molecule has 0 spiro atoms. The largest absolute Gasteiger partial charge is 0.385 e. The summed E-state index contributed by atoms with van der Waals surface area (Å²) in [5.41, 5.74) is 0.719. The van der Waals surface area contributed by atoms with E-state index in [1.807, 2.05) is 13.8 Å². The third-order valence-corrected chi connectivity index (χ3v) is 3.39. The molecule has 1 rings (SSSR count). The summed E-state index contributed by atoms with van der Waals surface area (Å²) in [7, 11) is 0. The summed E-state index contributed by atoms with van der Waals surface area (Å²) in [6, 6.07) is 1.71. The number of aliphatic hydroxyl groups is 1. The molecule has 0 fully saturated rings. The van der Waals surface area contributed by atoms with Gasteiger partial charge >= 0.3 is 0 Å². The second-order valence-electron chi connectivity index (χ2n) is 4.13. The van der Waals surface area contributed by atoms with Crippen LogP contribution in [0.3, 0.4) is 0 Å². The molecular weight excluding hydrogens is 238 g/mol. The zero-order valence-corrected chi connectivity index (χ0v) is 10.9. The van der Waals surface area contributed by atoms with Crippen molar-refractivity contribution >= 4 is 17.4 Å². The van der Waals surface area contributed by atoms with E-state index in [-0.39, 0.29) is 18.1 Å². The highest BCUT2D eigenvalue weighted by atomic mass is 35.5. The van der Waals surface area contributed by atoms with Gasteiger partial charge in [-0.25, -0.2) is 0 Å². The molecule has 17 heavy (non-hydrogen) atoms. The quantitative estimate of drug-likeness (QED) is 0.850. The molecule has 4 heteroatoms. The topological polar surface area (TPSA) is 50.2 Å². The van der Waals surface area contributed by atoms with E-state index in [2.05, 4.69) is 4.98 Å². The lowest BCUT2D eigenvalue weighted by atomic mass is 9.91. The van der Waals surface area contributed by atoms with Crippen molar-refractivity contribution in [3.8, 4) is 0 Å². The second kappa shape index (κ2) is 6.72. The van der Waals surface area contributed by atoms with E-state index in [0.29, 0.717) is 5.02 Å². The highest BCUT2D eigenvalue weighted by Gasteiger charge is 2.23. The molecule has 0 aliphatic heterocycles. The number of pyridine rings is 1. The van der Waals surface area contributed by atoms with Gasteiger partial charge in [0.1, 0.15) is 6.10 Å². The maximum atomic E-state index is 11.9. The van der Waals surface area contributed by atoms with E-state index in [4.69, 9.17) is 11.6 Å². The Hall–Kier alpha value is -0.930. The molecule has 3 nitrogen and oxygen atoms in total. The Morgan fingerprint density at radius 1 is 1.47 bits per heavy atom. The molecule has 0 aliphatic rings. The molecule has 0 amide bonds. The molecule has 1 aromatic heterocycles. The Labute approximate surface area is 107 Å². The second-order valence-corrected chi connectivity index (χ2v) is 4.54. The van der Waals surface area contributed by atoms with Crippen LogP contribution in [0.15, 0.2) is 18.5 Å². The van der Waals surface area contributed by atoms with Crippen molar-refractivity contribution < 1.29 is 9.90 Å². The van der Waals surface area contributed by atoms with Gasteiger partial charge in [0.15, 0.2) is 5.78 Å². The normalized spacial score (nSPS) is 12.8. The van der Waals surface area contributed by atoms with Crippen LogP contribution in [0.4, 0.5) is 0 Å². The molecule has 0 aromatic carbocycles. The highest BCUT2D eigenvalue weighted by molar-refractivity contribution is 6.31. The van der Waals surface area contributed by atoms with Crippen LogP contribution < -0.4 is 0 Å². The fourth-order valence-corrected chi connectivity index (χ4v) is 2.02. The summed E-state index contributed by atoms with van der Waals surface area (Å²) in [6.45, 7) is 3.95. The number of halogens is 1. The number of hydrogen-bond donors (Lipinski definition) is 1. The fraction of sp³-hybridized carbons (Fsp3) is 0.538. The lowest BCUT2D eigenvalue weighted by Gasteiger charge is -2.18. The monoisotopic (exact) mass is 255 g/mol. The Kier molecular flexibility index (Phi) is 5.59. The molecule has 0 bridgehead atoms. The van der Waals surface area contributed by atoms with Gasteiger partial charge in [-0.05, 0) is 17.5 Å². The summed E-state index contributed by atoms with van der Waals surface area (Å²) in [5.74, 6) is -0.144. The van der Waals surface area contributed by atoms with Gasteiger partial charge in [-0.15, -0.1) is 0 Å². The molecule has 1 aromatic rings. The van der Waals surface area contributed by atoms with E-state index < -0.39 is 6.10 Å². The van der Waals surface area contributed by atoms with Gasteiger partial charge in [0.2, 0.25) is 0 Å². The van der Waals surface area contributed by atoms with Gasteiger partial charge < -0.3 is 5.11 Å². The maximum absolute atomic E-state index is 11.9. The lowest BCUT2D eigenvalue weighted by molar-refractivity contribution is -0.129. The molecule has 0 saturated carbocycles. The molecular formula is C13H18ClNO2. The van der Waals surface area contributed by atoms with E-state index in [9.17, 15) is 9.90 Å². The first kappa shape index (κ1) is 14.1. The molecule has 94 valence electrons. The number of aromatic nitrogens is 1. The SMILES string of the molecule is CCC(CC)C(O)C(=O)Cc1ccncc1Cl. The Morgan fingerprint density at radius 2 is 2.12 bits per heavy atom. The van der Waals surface area contributed by atoms with E-state index >= 15 is 0 Å². The first-order chi connectivity index (χ1) is 8.10. The Bertz CT molecular complexity index is 377. The predicted octanol–water partition coefficient (Wildman–Crippen LogP) is 2.64. The predicted molar refractivity (Wildman–Crippen MR) is 68.0 cm³/mol. The third-order valence-electron chi connectivity index (χ3n) is 3.05. The van der Waals surface area contributed by atoms with Gasteiger partial charge in [-0.1, -0.05) is 38.3 Å². The number of rotatable bonds is 6. The van der Waals surface area contributed by atoms with Crippen molar-refractivity contribution in [1.29, 1.82) is 0 Å². The lowest BCUT2D eigenvalue weighted by Crippen LogP contribution is -2.30. The van der Waals surface area contributed by atoms with E-state index in [1.54, 1.807) is 12.3 Å². The standard InChI is InChI=1S/C13H18ClNO2/c1-3-9(4-2)13(17)12(16)7-10-5-6-15-8-11(10)14/h5-6,8-9,13,17H,3-4,7H2,1-2H3. The summed E-state index contributed by atoms with van der Waals surface area (Å²) < 4.78 is 0. The highest BCUT2D eigenvalue weighted by Crippen LogP contribution is 2.19. The van der Waals surface area contributed by atoms with Gasteiger partial charge in [0, 0.05) is 18.8 Å². The maximum Gasteiger partial charge on any atom is 0.165 e. The molecule has 1 heterocycles. The summed E-state index contributed by atoms with van der Waals surface area (Å²) >= 11 is 5.92. The minimum absolute atomic E-state index is 0.0307. The third kappa shape index (κ3) is 3.79. The van der Waals surface area contributed by atoms with Crippen LogP contribution in [-0.4, -0.2) is 22.0 Å². The zero-order chi connectivity index (χ0) is 12.8. The molecule has 0 saturated heterocycles. The van der Waals surface area contributed by atoms with Crippen molar-refractivity contribution in [3.63, 3.8) is 0 Å². The number of ketones is 1. The molecule has 1 atom stereocenters. The summed E-state index contributed by atoms with van der Waals surface area (Å²) in [6.07, 6.45) is 3.97. The summed E-state index contributed by atoms with van der Waals surface area (Å²) in [4.78, 5) is 15.8. The number of carbonyl (C=O) groups excluding carboxylic acids is 1. The van der Waals surface area contributed by atoms with Crippen molar-refractivity contribution in [2.45, 2.75) is 39.2 Å². The summed E-state index contributed by atoms with van der Waals surface area (Å²) in [5, 5.41) is 10.4. The van der Waals surface area contributed by atoms with Crippen LogP contribution in [0.2, 0.25) is 5.02 Å². The average molecular weight is 256 g/mol. The number of Topliss-reactive ketones (excluding diaryl/α,β-unsaturated/α-hetero) is 1. The molecule has 1 unspecified atom stereocenters. The first-order valence-corrected chi connectivity index (χ1v) is 6.27. The van der Waals surface area contributed by atoms with Crippen LogP contribution in [0, 0.1) is 5.92 Å². The van der Waals surface area contributed by atoms with Crippen LogP contribution in [0.5, 0.6) is 0 Å². The minimum atomic E-state index is -0.894. The number of carbonyl (C=O) groups is 1. The Balaban J connectivity index is 2.69. The number of aliphatic hydroxyl groups excluding tert-OH is 1. The van der Waals surface area contributed by atoms with Crippen LogP contribution >= 0.6 is 11.6 Å². The molecule has 0 aliphatic carbocycles. The van der Waals surface area contributed by atoms with Crippen molar-refractivity contribution in [1.82, 2.24) is 4.98 Å². The van der Waals surface area contributed by atoms with Crippen LogP contribution in [-0.2, 0) is 11.2 Å². The van der Waals surface area contributed by atoms with Crippen molar-refractivity contribution in [2.24, 2.45) is 5.92 Å². The number of hydrogen-bond acceptors (Lipinski definition) is 3. The van der Waals surface area contributed by atoms with Gasteiger partial charge in [-0.3, -0.25) is 9.78 Å². The average Bonchev–Trinajstić information content (AvgIpc) is 2.33. The van der Waals surface area contributed by atoms with Gasteiger partial charge in [0.05, 0.1) is 5.02 Å². The zero-order valence-electron chi connectivity index (χ0n) is 10.2. The number of nitrogens with zero attached hydrogens (tertiary/aromatic N) is 1. The smallest absolute Gasteiger partial charge is 0.165 e. The van der Waals surface area contributed by atoms with Crippen molar-refractivity contribution in [3.05, 3.63) is 29.0 Å². The van der Waals surface area contributed by atoms with Crippen LogP contribution in [0.1, 0.15) is 32.3 Å². The first-order valence-electron chi connectivity index (χ1n) is 5.89. The fourth-order valence-electron chi connectivity index (χ4n) is 1.84. The molecule has 0 radical (unpaired) electrons. The van der Waals surface area contributed by atoms with Gasteiger partial charge in [0.25, 0.3) is 0 Å². The Morgan fingerprint density at radius 3 is 2.65 bits per heavy atom. The van der Waals surface area contributed by atoms with Crippen LogP contribution in [0.25, 0.3) is 0 Å². The van der Waals surface area contributed by atoms with Gasteiger partial charge in [-0.2, -0.15) is 0 Å².